The zero-order chi connectivity index (χ0) is 17.1. The fraction of sp³-hybridized carbons (Fsp3) is 0.333. The number of carbonyl (C=O) groups is 4. The first-order valence-corrected chi connectivity index (χ1v) is 8.28. The van der Waals surface area contributed by atoms with Crippen molar-refractivity contribution in [3.05, 3.63) is 35.4 Å². The average Bonchev–Trinajstić information content (AvgIpc) is 2.76. The minimum Gasteiger partial charge on any atom is -0.480 e. The maximum Gasteiger partial charge on any atom is 0.328 e. The minimum atomic E-state index is -1.28. The zero-order valence-corrected chi connectivity index (χ0v) is 13.5. The third-order valence-corrected chi connectivity index (χ3v) is 4.13. The van der Waals surface area contributed by atoms with Gasteiger partial charge in [0.05, 0.1) is 11.1 Å². The van der Waals surface area contributed by atoms with E-state index < -0.39 is 29.7 Å². The molecule has 1 aliphatic rings. The molecule has 0 fully saturated rings. The highest BCUT2D eigenvalue weighted by Gasteiger charge is 2.44. The molecule has 0 aromatic heterocycles. The van der Waals surface area contributed by atoms with Gasteiger partial charge in [-0.25, -0.2) is 9.80 Å². The molecule has 0 bridgehead atoms. The van der Waals surface area contributed by atoms with Crippen molar-refractivity contribution in [1.82, 2.24) is 10.0 Å². The summed E-state index contributed by atoms with van der Waals surface area (Å²) in [6.07, 6.45) is 1.93. The van der Waals surface area contributed by atoms with Crippen LogP contribution in [0.2, 0.25) is 0 Å². The van der Waals surface area contributed by atoms with Gasteiger partial charge in [-0.3, -0.25) is 14.4 Å². The number of carbonyl (C=O) groups excluding carboxylic acids is 3. The summed E-state index contributed by atoms with van der Waals surface area (Å²) in [5.74, 6) is -2.82. The average molecular weight is 336 g/mol. The number of amides is 3. The summed E-state index contributed by atoms with van der Waals surface area (Å²) in [5, 5.41) is 10.8. The van der Waals surface area contributed by atoms with E-state index in [0.29, 0.717) is 10.8 Å². The van der Waals surface area contributed by atoms with Crippen molar-refractivity contribution in [2.24, 2.45) is 0 Å². The lowest BCUT2D eigenvalue weighted by Crippen LogP contribution is -2.56. The molecule has 0 radical (unpaired) electrons. The number of benzene rings is 1. The number of hydrazine groups is 1. The molecule has 8 heteroatoms. The first-order valence-electron chi connectivity index (χ1n) is 6.89. The van der Waals surface area contributed by atoms with Gasteiger partial charge in [-0.05, 0) is 30.6 Å². The molecule has 122 valence electrons. The smallest absolute Gasteiger partial charge is 0.328 e. The van der Waals surface area contributed by atoms with Crippen LogP contribution in [0.1, 0.15) is 34.1 Å². The van der Waals surface area contributed by atoms with E-state index in [4.69, 9.17) is 0 Å². The molecule has 1 atom stereocenters. The first-order chi connectivity index (χ1) is 10.9. The SMILES string of the molecule is CSCCC(C(=O)O)N(C(C)=O)N1C(=O)c2ccccc2C1=O. The maximum absolute atomic E-state index is 12.5. The molecule has 0 spiro atoms. The Morgan fingerprint density at radius 3 is 2.13 bits per heavy atom. The highest BCUT2D eigenvalue weighted by Crippen LogP contribution is 2.26. The van der Waals surface area contributed by atoms with Crippen molar-refractivity contribution in [1.29, 1.82) is 0 Å². The molecule has 1 heterocycles. The number of nitrogens with zero attached hydrogens (tertiary/aromatic N) is 2. The Kier molecular flexibility index (Phi) is 5.05. The van der Waals surface area contributed by atoms with Crippen LogP contribution in [0.15, 0.2) is 24.3 Å². The van der Waals surface area contributed by atoms with Crippen molar-refractivity contribution in [3.8, 4) is 0 Å². The van der Waals surface area contributed by atoms with Crippen molar-refractivity contribution < 1.29 is 24.3 Å². The van der Waals surface area contributed by atoms with E-state index in [-0.39, 0.29) is 17.5 Å². The summed E-state index contributed by atoms with van der Waals surface area (Å²) in [5.41, 5.74) is 0.329. The van der Waals surface area contributed by atoms with Crippen molar-refractivity contribution in [2.45, 2.75) is 19.4 Å². The van der Waals surface area contributed by atoms with Gasteiger partial charge in [0.2, 0.25) is 5.91 Å². The second kappa shape index (κ2) is 6.82. The van der Waals surface area contributed by atoms with Crippen LogP contribution in [0.25, 0.3) is 0 Å². The van der Waals surface area contributed by atoms with Gasteiger partial charge >= 0.3 is 5.97 Å². The molecule has 2 rings (SSSR count). The summed E-state index contributed by atoms with van der Waals surface area (Å²) in [7, 11) is 0. The van der Waals surface area contributed by atoms with Crippen LogP contribution in [0.3, 0.4) is 0 Å². The van der Waals surface area contributed by atoms with Crippen LogP contribution in [0, 0.1) is 0 Å². The fourth-order valence-corrected chi connectivity index (χ4v) is 2.91. The van der Waals surface area contributed by atoms with Gasteiger partial charge in [-0.2, -0.15) is 16.8 Å². The van der Waals surface area contributed by atoms with Crippen molar-refractivity contribution in [3.63, 3.8) is 0 Å². The predicted molar refractivity (Wildman–Crippen MR) is 83.9 cm³/mol. The number of rotatable bonds is 6. The summed E-state index contributed by atoms with van der Waals surface area (Å²) in [6, 6.07) is 4.89. The molecule has 0 aliphatic carbocycles. The molecule has 1 unspecified atom stereocenters. The largest absolute Gasteiger partial charge is 0.480 e. The number of hydrogen-bond acceptors (Lipinski definition) is 5. The molecule has 0 saturated heterocycles. The maximum atomic E-state index is 12.5. The number of fused-ring (bicyclic) bond motifs is 1. The van der Waals surface area contributed by atoms with Gasteiger partial charge < -0.3 is 5.11 Å². The molecule has 1 aromatic rings. The first kappa shape index (κ1) is 17.0. The summed E-state index contributed by atoms with van der Waals surface area (Å²) < 4.78 is 0. The van der Waals surface area contributed by atoms with Crippen LogP contribution in [0.5, 0.6) is 0 Å². The Morgan fingerprint density at radius 1 is 1.22 bits per heavy atom. The fourth-order valence-electron chi connectivity index (χ4n) is 2.45. The van der Waals surface area contributed by atoms with E-state index in [1.807, 2.05) is 0 Å². The molecular weight excluding hydrogens is 320 g/mol. The number of hydrogen-bond donors (Lipinski definition) is 1. The summed E-state index contributed by atoms with van der Waals surface area (Å²) in [4.78, 5) is 48.5. The quantitative estimate of drug-likeness (QED) is 0.786. The Labute approximate surface area is 137 Å². The number of carboxylic acids is 1. The molecular formula is C15H16N2O5S. The number of carboxylic acid groups (broad SMARTS) is 1. The zero-order valence-electron chi connectivity index (χ0n) is 12.7. The van der Waals surface area contributed by atoms with E-state index >= 15 is 0 Å². The summed E-state index contributed by atoms with van der Waals surface area (Å²) in [6.45, 7) is 1.14. The molecule has 3 amide bonds. The van der Waals surface area contributed by atoms with E-state index in [1.54, 1.807) is 18.4 Å². The predicted octanol–water partition coefficient (Wildman–Crippen LogP) is 1.25. The second-order valence-electron chi connectivity index (χ2n) is 4.97. The lowest BCUT2D eigenvalue weighted by atomic mass is 10.1. The van der Waals surface area contributed by atoms with Crippen LogP contribution in [-0.2, 0) is 9.59 Å². The second-order valence-corrected chi connectivity index (χ2v) is 5.95. The Balaban J connectivity index is 2.43. The molecule has 23 heavy (non-hydrogen) atoms. The van der Waals surface area contributed by atoms with Gasteiger partial charge in [0.25, 0.3) is 11.8 Å². The number of aliphatic carboxylic acids is 1. The molecule has 1 aromatic carbocycles. The molecule has 1 aliphatic heterocycles. The Morgan fingerprint density at radius 2 is 1.74 bits per heavy atom. The van der Waals surface area contributed by atoms with Gasteiger partial charge in [0.15, 0.2) is 6.04 Å². The van der Waals surface area contributed by atoms with Gasteiger partial charge in [0, 0.05) is 6.92 Å². The topological polar surface area (TPSA) is 95.0 Å². The van der Waals surface area contributed by atoms with Gasteiger partial charge in [-0.15, -0.1) is 0 Å². The minimum absolute atomic E-state index is 0.128. The number of imide groups is 1. The normalized spacial score (nSPS) is 14.6. The highest BCUT2D eigenvalue weighted by atomic mass is 32.2. The lowest BCUT2D eigenvalue weighted by molar-refractivity contribution is -0.159. The van der Waals surface area contributed by atoms with Crippen molar-refractivity contribution in [2.75, 3.05) is 12.0 Å². The van der Waals surface area contributed by atoms with E-state index in [0.717, 1.165) is 11.9 Å². The van der Waals surface area contributed by atoms with Gasteiger partial charge in [-0.1, -0.05) is 12.1 Å². The molecule has 1 N–H and O–H groups in total. The van der Waals surface area contributed by atoms with E-state index in [2.05, 4.69) is 0 Å². The van der Waals surface area contributed by atoms with Crippen LogP contribution in [0.4, 0.5) is 0 Å². The van der Waals surface area contributed by atoms with Crippen molar-refractivity contribution >= 4 is 35.5 Å². The molecule has 0 saturated carbocycles. The molecule has 7 nitrogen and oxygen atoms in total. The van der Waals surface area contributed by atoms with Gasteiger partial charge in [0.1, 0.15) is 0 Å². The van der Waals surface area contributed by atoms with Crippen LogP contribution >= 0.6 is 11.8 Å². The van der Waals surface area contributed by atoms with Crippen LogP contribution in [-0.4, -0.2) is 56.9 Å². The Bertz CT molecular complexity index is 641. The third kappa shape index (κ3) is 3.07. The standard InChI is InChI=1S/C15H16N2O5S/c1-9(18)16(12(15(21)22)7-8-23-2)17-13(19)10-5-3-4-6-11(10)14(17)20/h3-6,12H,7-8H2,1-2H3,(H,21,22). The third-order valence-electron chi connectivity index (χ3n) is 3.49. The highest BCUT2D eigenvalue weighted by molar-refractivity contribution is 7.98. The van der Waals surface area contributed by atoms with E-state index in [1.165, 1.54) is 23.9 Å². The Hall–Kier alpha value is -2.35. The lowest BCUT2D eigenvalue weighted by Gasteiger charge is -2.33. The van der Waals surface area contributed by atoms with Crippen LogP contribution < -0.4 is 0 Å². The number of thioether (sulfide) groups is 1. The monoisotopic (exact) mass is 336 g/mol. The summed E-state index contributed by atoms with van der Waals surface area (Å²) >= 11 is 1.42. The van der Waals surface area contributed by atoms with E-state index in [9.17, 15) is 24.3 Å².